The van der Waals surface area contributed by atoms with Crippen LogP contribution in [0.3, 0.4) is 0 Å². The van der Waals surface area contributed by atoms with Crippen LogP contribution in [-0.2, 0) is 4.79 Å². The number of amides is 1. The summed E-state index contributed by atoms with van der Waals surface area (Å²) in [6.45, 7) is 0.622. The maximum absolute atomic E-state index is 11.5. The molecular formula is C7H9ClN4OS. The van der Waals surface area contributed by atoms with Gasteiger partial charge in [-0.25, -0.2) is 0 Å². The molecule has 1 saturated heterocycles. The molecule has 2 rings (SSSR count). The Labute approximate surface area is 89.9 Å². The van der Waals surface area contributed by atoms with Crippen molar-refractivity contribution in [2.75, 3.05) is 23.1 Å². The summed E-state index contributed by atoms with van der Waals surface area (Å²) in [6, 6.07) is 0. The minimum atomic E-state index is 0.0480. The van der Waals surface area contributed by atoms with Crippen molar-refractivity contribution < 1.29 is 4.79 Å². The Morgan fingerprint density at radius 2 is 2.43 bits per heavy atom. The number of carbonyl (C=O) groups is 1. The van der Waals surface area contributed by atoms with Crippen LogP contribution in [0.1, 0.15) is 6.42 Å². The molecule has 7 heteroatoms. The van der Waals surface area contributed by atoms with E-state index in [2.05, 4.69) is 10.2 Å². The highest BCUT2D eigenvalue weighted by atomic mass is 35.5. The molecule has 14 heavy (non-hydrogen) atoms. The van der Waals surface area contributed by atoms with Gasteiger partial charge in [-0.05, 0) is 5.92 Å². The molecule has 0 radical (unpaired) electrons. The monoisotopic (exact) mass is 232 g/mol. The lowest BCUT2D eigenvalue weighted by Gasteiger charge is -2.10. The van der Waals surface area contributed by atoms with Gasteiger partial charge >= 0.3 is 0 Å². The third-order valence-corrected chi connectivity index (χ3v) is 3.30. The van der Waals surface area contributed by atoms with Crippen molar-refractivity contribution in [2.24, 2.45) is 5.92 Å². The summed E-state index contributed by atoms with van der Waals surface area (Å²) < 4.78 is 0. The number of anilines is 2. The molecule has 0 saturated carbocycles. The van der Waals surface area contributed by atoms with E-state index < -0.39 is 0 Å². The second kappa shape index (κ2) is 3.70. The van der Waals surface area contributed by atoms with Crippen LogP contribution in [-0.4, -0.2) is 28.5 Å². The first-order valence-corrected chi connectivity index (χ1v) is 5.51. The van der Waals surface area contributed by atoms with E-state index in [1.165, 1.54) is 11.3 Å². The normalized spacial score (nSPS) is 21.9. The number of aromatic nitrogens is 2. The lowest BCUT2D eigenvalue weighted by atomic mass is 10.2. The molecule has 2 heterocycles. The Morgan fingerprint density at radius 3 is 2.93 bits per heavy atom. The van der Waals surface area contributed by atoms with Crippen LogP contribution in [0.4, 0.5) is 10.3 Å². The van der Waals surface area contributed by atoms with Crippen molar-refractivity contribution in [2.45, 2.75) is 6.42 Å². The van der Waals surface area contributed by atoms with Gasteiger partial charge in [0, 0.05) is 18.8 Å². The Bertz CT molecular complexity index is 355. The van der Waals surface area contributed by atoms with Crippen LogP contribution < -0.4 is 10.6 Å². The third-order valence-electron chi connectivity index (χ3n) is 2.08. The quantitative estimate of drug-likeness (QED) is 0.763. The smallest absolute Gasteiger partial charge is 0.229 e. The largest absolute Gasteiger partial charge is 0.374 e. The lowest BCUT2D eigenvalue weighted by molar-refractivity contribution is -0.117. The van der Waals surface area contributed by atoms with Gasteiger partial charge in [-0.2, -0.15) is 0 Å². The van der Waals surface area contributed by atoms with E-state index >= 15 is 0 Å². The minimum Gasteiger partial charge on any atom is -0.374 e. The van der Waals surface area contributed by atoms with Gasteiger partial charge in [0.05, 0.1) is 0 Å². The number of rotatable bonds is 2. The number of nitrogens with two attached hydrogens (primary N) is 1. The second-order valence-corrected chi connectivity index (χ2v) is 4.45. The highest BCUT2D eigenvalue weighted by Gasteiger charge is 2.31. The lowest BCUT2D eigenvalue weighted by Crippen LogP contribution is -2.24. The van der Waals surface area contributed by atoms with E-state index in [-0.39, 0.29) is 11.8 Å². The highest BCUT2D eigenvalue weighted by molar-refractivity contribution is 7.19. The van der Waals surface area contributed by atoms with Crippen molar-refractivity contribution in [3.05, 3.63) is 0 Å². The molecule has 0 bridgehead atoms. The van der Waals surface area contributed by atoms with Crippen LogP contribution in [0, 0.1) is 5.92 Å². The Hall–Kier alpha value is -0.880. The number of hydrogen-bond donors (Lipinski definition) is 1. The van der Waals surface area contributed by atoms with Crippen LogP contribution in [0.25, 0.3) is 0 Å². The van der Waals surface area contributed by atoms with Crippen molar-refractivity contribution in [1.82, 2.24) is 10.2 Å². The molecule has 1 aromatic heterocycles. The summed E-state index contributed by atoms with van der Waals surface area (Å²) in [6.07, 6.45) is 0.489. The van der Waals surface area contributed by atoms with Crippen LogP contribution in [0.5, 0.6) is 0 Å². The van der Waals surface area contributed by atoms with Crippen molar-refractivity contribution in [3.8, 4) is 0 Å². The average molecular weight is 233 g/mol. The van der Waals surface area contributed by atoms with Crippen LogP contribution in [0.2, 0.25) is 0 Å². The maximum Gasteiger partial charge on any atom is 0.229 e. The van der Waals surface area contributed by atoms with Crippen molar-refractivity contribution >= 4 is 39.1 Å². The first-order valence-electron chi connectivity index (χ1n) is 4.16. The standard InChI is InChI=1S/C7H9ClN4OS/c8-2-4-1-5(13)12(3-4)7-11-10-6(9)14-7/h4H,1-3H2,(H2,9,10). The summed E-state index contributed by atoms with van der Waals surface area (Å²) in [7, 11) is 0. The Morgan fingerprint density at radius 1 is 1.64 bits per heavy atom. The van der Waals surface area contributed by atoms with Gasteiger partial charge < -0.3 is 5.73 Å². The Balaban J connectivity index is 2.16. The number of nitrogens with zero attached hydrogens (tertiary/aromatic N) is 3. The number of alkyl halides is 1. The summed E-state index contributed by atoms with van der Waals surface area (Å²) >= 11 is 6.91. The number of hydrogen-bond acceptors (Lipinski definition) is 5. The summed E-state index contributed by atoms with van der Waals surface area (Å²) in [5, 5.41) is 8.43. The summed E-state index contributed by atoms with van der Waals surface area (Å²) in [5.41, 5.74) is 5.44. The van der Waals surface area contributed by atoms with Crippen LogP contribution >= 0.6 is 22.9 Å². The number of halogens is 1. The molecule has 2 N–H and O–H groups in total. The molecule has 1 fully saturated rings. The molecule has 1 unspecified atom stereocenters. The molecular weight excluding hydrogens is 224 g/mol. The van der Waals surface area contributed by atoms with Crippen molar-refractivity contribution in [3.63, 3.8) is 0 Å². The van der Waals surface area contributed by atoms with Gasteiger partial charge in [0.1, 0.15) is 0 Å². The fraction of sp³-hybridized carbons (Fsp3) is 0.571. The molecule has 1 aromatic rings. The first kappa shape index (κ1) is 9.67. The van der Waals surface area contributed by atoms with E-state index in [0.717, 1.165) is 0 Å². The maximum atomic E-state index is 11.5. The first-order chi connectivity index (χ1) is 6.70. The minimum absolute atomic E-state index is 0.0480. The molecule has 0 aliphatic carbocycles. The fourth-order valence-electron chi connectivity index (χ4n) is 1.41. The third kappa shape index (κ3) is 1.67. The molecule has 1 aliphatic rings. The molecule has 0 spiro atoms. The number of carbonyl (C=O) groups excluding carboxylic acids is 1. The summed E-state index contributed by atoms with van der Waals surface area (Å²) in [4.78, 5) is 13.1. The van der Waals surface area contributed by atoms with Gasteiger partial charge in [0.2, 0.25) is 16.2 Å². The molecule has 1 aliphatic heterocycles. The van der Waals surface area contributed by atoms with E-state index in [1.807, 2.05) is 0 Å². The molecule has 1 amide bonds. The predicted molar refractivity (Wildman–Crippen MR) is 55.5 cm³/mol. The number of nitrogen functional groups attached to an aromatic ring is 1. The zero-order valence-electron chi connectivity index (χ0n) is 7.31. The fourth-order valence-corrected chi connectivity index (χ4v) is 2.25. The molecule has 5 nitrogen and oxygen atoms in total. The topological polar surface area (TPSA) is 72.1 Å². The van der Waals surface area contributed by atoms with E-state index in [9.17, 15) is 4.79 Å². The molecule has 0 aromatic carbocycles. The van der Waals surface area contributed by atoms with Gasteiger partial charge in [-0.3, -0.25) is 9.69 Å². The van der Waals surface area contributed by atoms with E-state index in [4.69, 9.17) is 17.3 Å². The average Bonchev–Trinajstić information content (AvgIpc) is 2.71. The zero-order chi connectivity index (χ0) is 10.1. The Kier molecular flexibility index (Phi) is 2.56. The van der Waals surface area contributed by atoms with Gasteiger partial charge in [0.25, 0.3) is 0 Å². The molecule has 1 atom stereocenters. The zero-order valence-corrected chi connectivity index (χ0v) is 8.88. The SMILES string of the molecule is Nc1nnc(N2CC(CCl)CC2=O)s1. The van der Waals surface area contributed by atoms with Gasteiger partial charge in [-0.15, -0.1) is 21.8 Å². The molecule has 76 valence electrons. The predicted octanol–water partition coefficient (Wildman–Crippen LogP) is 0.712. The van der Waals surface area contributed by atoms with Crippen LogP contribution in [0.15, 0.2) is 0 Å². The van der Waals surface area contributed by atoms with Crippen molar-refractivity contribution in [1.29, 1.82) is 0 Å². The highest BCUT2D eigenvalue weighted by Crippen LogP contribution is 2.28. The second-order valence-electron chi connectivity index (χ2n) is 3.15. The van der Waals surface area contributed by atoms with Gasteiger partial charge in [0.15, 0.2) is 0 Å². The van der Waals surface area contributed by atoms with E-state index in [1.54, 1.807) is 4.90 Å². The van der Waals surface area contributed by atoms with E-state index in [0.29, 0.717) is 29.1 Å². The summed E-state index contributed by atoms with van der Waals surface area (Å²) in [5.74, 6) is 0.761. The van der Waals surface area contributed by atoms with Gasteiger partial charge in [-0.1, -0.05) is 11.3 Å².